The van der Waals surface area contributed by atoms with Crippen molar-refractivity contribution < 1.29 is 17.6 Å². The number of pyridine rings is 2. The number of nitrogens with one attached hydrogen (secondary N) is 1. The summed E-state index contributed by atoms with van der Waals surface area (Å²) in [6.45, 7) is 1.66. The Morgan fingerprint density at radius 3 is 2.49 bits per heavy atom. The molecule has 0 spiro atoms. The normalized spacial score (nSPS) is 18.7. The molecule has 3 unspecified atom stereocenters. The van der Waals surface area contributed by atoms with Crippen molar-refractivity contribution in [3.8, 4) is 6.07 Å². The van der Waals surface area contributed by atoms with Gasteiger partial charge in [0.1, 0.15) is 28.8 Å². The van der Waals surface area contributed by atoms with Crippen molar-refractivity contribution in [2.75, 3.05) is 0 Å². The number of alkyl halides is 3. The summed E-state index contributed by atoms with van der Waals surface area (Å²) in [5.41, 5.74) is -0.488. The monoisotopic (exact) mass is 483 g/mol. The van der Waals surface area contributed by atoms with Crippen LogP contribution < -0.4 is 5.56 Å². The Kier molecular flexibility index (Phi) is 5.35. The van der Waals surface area contributed by atoms with Crippen LogP contribution in [0.4, 0.5) is 17.6 Å². The van der Waals surface area contributed by atoms with Gasteiger partial charge in [0.2, 0.25) is 0 Å². The lowest BCUT2D eigenvalue weighted by atomic mass is 9.71. The summed E-state index contributed by atoms with van der Waals surface area (Å²) >= 11 is 0. The highest BCUT2D eigenvalue weighted by atomic mass is 19.4. The summed E-state index contributed by atoms with van der Waals surface area (Å²) in [5.74, 6) is -0.313. The maximum absolute atomic E-state index is 13.3. The molecular weight excluding hydrogens is 466 g/mol. The summed E-state index contributed by atoms with van der Waals surface area (Å²) < 4.78 is 53.3. The molecular formula is C23H17F4N7O. The van der Waals surface area contributed by atoms with Gasteiger partial charge in [0.05, 0.1) is 12.2 Å². The van der Waals surface area contributed by atoms with Crippen molar-refractivity contribution >= 4 is 11.0 Å². The summed E-state index contributed by atoms with van der Waals surface area (Å²) in [7, 11) is 0. The molecule has 178 valence electrons. The SMILES string of the molecule is CC(c1ccc(C(F)(F)F)nc1)n1nc(C#N)c2c(=O)[nH]c(C3CCC3c3ccc(F)cn3)nc21. The maximum Gasteiger partial charge on any atom is 0.433 e. The summed E-state index contributed by atoms with van der Waals surface area (Å²) in [4.78, 5) is 27.9. The predicted octanol–water partition coefficient (Wildman–Crippen LogP) is 4.21. The molecule has 0 bridgehead atoms. The number of aromatic amines is 1. The van der Waals surface area contributed by atoms with Crippen molar-refractivity contribution in [2.24, 2.45) is 0 Å². The van der Waals surface area contributed by atoms with Gasteiger partial charge in [0.25, 0.3) is 5.56 Å². The van der Waals surface area contributed by atoms with Gasteiger partial charge in [-0.3, -0.25) is 14.8 Å². The third-order valence-corrected chi connectivity index (χ3v) is 6.37. The third-order valence-electron chi connectivity index (χ3n) is 6.37. The van der Waals surface area contributed by atoms with E-state index in [1.807, 2.05) is 6.07 Å². The third kappa shape index (κ3) is 3.92. The lowest BCUT2D eigenvalue weighted by molar-refractivity contribution is -0.141. The topological polar surface area (TPSA) is 113 Å². The lowest BCUT2D eigenvalue weighted by Gasteiger charge is -2.35. The largest absolute Gasteiger partial charge is 0.433 e. The maximum atomic E-state index is 13.3. The van der Waals surface area contributed by atoms with Gasteiger partial charge >= 0.3 is 6.18 Å². The average molecular weight is 483 g/mol. The molecule has 1 fully saturated rings. The second-order valence-electron chi connectivity index (χ2n) is 8.40. The summed E-state index contributed by atoms with van der Waals surface area (Å²) in [6.07, 6.45) is -0.852. The lowest BCUT2D eigenvalue weighted by Crippen LogP contribution is -2.27. The van der Waals surface area contributed by atoms with Crippen LogP contribution in [-0.4, -0.2) is 29.7 Å². The first-order valence-electron chi connectivity index (χ1n) is 10.7. The molecule has 1 aliphatic carbocycles. The van der Waals surface area contributed by atoms with Crippen molar-refractivity contribution in [3.63, 3.8) is 0 Å². The number of aromatic nitrogens is 6. The van der Waals surface area contributed by atoms with Crippen LogP contribution in [0.1, 0.15) is 66.1 Å². The highest BCUT2D eigenvalue weighted by Gasteiger charge is 2.37. The molecule has 12 heteroatoms. The van der Waals surface area contributed by atoms with E-state index >= 15 is 0 Å². The molecule has 4 aromatic rings. The Morgan fingerprint density at radius 2 is 1.91 bits per heavy atom. The first-order chi connectivity index (χ1) is 16.7. The number of halogens is 4. The van der Waals surface area contributed by atoms with E-state index in [0.29, 0.717) is 17.1 Å². The van der Waals surface area contributed by atoms with Gasteiger partial charge in [0.15, 0.2) is 11.3 Å². The number of H-pyrrole nitrogens is 1. The number of nitriles is 1. The minimum atomic E-state index is -4.57. The van der Waals surface area contributed by atoms with E-state index in [1.54, 1.807) is 13.0 Å². The molecule has 8 nitrogen and oxygen atoms in total. The molecule has 0 amide bonds. The first kappa shape index (κ1) is 22.6. The van der Waals surface area contributed by atoms with E-state index in [2.05, 4.69) is 25.0 Å². The average Bonchev–Trinajstić information content (AvgIpc) is 3.18. The smallest absolute Gasteiger partial charge is 0.310 e. The molecule has 1 N–H and O–H groups in total. The van der Waals surface area contributed by atoms with Gasteiger partial charge in [-0.15, -0.1) is 0 Å². The predicted molar refractivity (Wildman–Crippen MR) is 115 cm³/mol. The zero-order chi connectivity index (χ0) is 24.9. The Balaban J connectivity index is 1.56. The highest BCUT2D eigenvalue weighted by Crippen LogP contribution is 2.47. The van der Waals surface area contributed by atoms with E-state index in [4.69, 9.17) is 0 Å². The molecule has 3 atom stereocenters. The molecule has 35 heavy (non-hydrogen) atoms. The van der Waals surface area contributed by atoms with Crippen molar-refractivity contribution in [1.29, 1.82) is 5.26 Å². The van der Waals surface area contributed by atoms with Crippen LogP contribution in [0.2, 0.25) is 0 Å². The molecule has 5 rings (SSSR count). The van der Waals surface area contributed by atoms with Crippen molar-refractivity contribution in [3.05, 3.63) is 81.3 Å². The molecule has 0 aromatic carbocycles. The number of fused-ring (bicyclic) bond motifs is 1. The van der Waals surface area contributed by atoms with E-state index in [0.717, 1.165) is 31.3 Å². The Labute approximate surface area is 195 Å². The minimum absolute atomic E-state index is 0.00116. The molecule has 4 aromatic heterocycles. The van der Waals surface area contributed by atoms with E-state index in [1.165, 1.54) is 16.8 Å². The van der Waals surface area contributed by atoms with E-state index in [9.17, 15) is 27.6 Å². The number of rotatable bonds is 4. The van der Waals surface area contributed by atoms with Gasteiger partial charge in [-0.2, -0.15) is 23.5 Å². The van der Waals surface area contributed by atoms with Crippen LogP contribution in [0.15, 0.2) is 41.5 Å². The van der Waals surface area contributed by atoms with Crippen LogP contribution >= 0.6 is 0 Å². The molecule has 0 radical (unpaired) electrons. The van der Waals surface area contributed by atoms with Gasteiger partial charge < -0.3 is 4.98 Å². The van der Waals surface area contributed by atoms with Crippen molar-refractivity contribution in [2.45, 2.75) is 43.8 Å². The van der Waals surface area contributed by atoms with E-state index < -0.39 is 29.3 Å². The Hall–Kier alpha value is -4.14. The Bertz CT molecular complexity index is 1500. The van der Waals surface area contributed by atoms with Crippen LogP contribution in [0.3, 0.4) is 0 Å². The van der Waals surface area contributed by atoms with Crippen LogP contribution in [0, 0.1) is 17.1 Å². The fraction of sp³-hybridized carbons (Fsp3) is 0.304. The molecule has 1 aliphatic rings. The van der Waals surface area contributed by atoms with Crippen LogP contribution in [0.25, 0.3) is 11.0 Å². The first-order valence-corrected chi connectivity index (χ1v) is 10.7. The van der Waals surface area contributed by atoms with Gasteiger partial charge in [-0.1, -0.05) is 6.07 Å². The van der Waals surface area contributed by atoms with Gasteiger partial charge in [-0.25, -0.2) is 14.1 Å². The zero-order valence-electron chi connectivity index (χ0n) is 18.2. The summed E-state index contributed by atoms with van der Waals surface area (Å²) in [5, 5.41) is 13.7. The number of hydrogen-bond acceptors (Lipinski definition) is 6. The van der Waals surface area contributed by atoms with Crippen LogP contribution in [-0.2, 0) is 6.18 Å². The molecule has 4 heterocycles. The standard InChI is InChI=1S/C23H17F4N7O/c1-11(12-2-7-18(30-9-12)23(25,26)27)34-21-19(17(8-28)33-34)22(35)32-20(31-21)15-5-4-14(15)16-6-3-13(24)10-29-16/h2-3,6-7,9-11,14-15H,4-5H2,1H3,(H,31,32,35). The summed E-state index contributed by atoms with van der Waals surface area (Å²) in [6, 6.07) is 6.28. The number of hydrogen-bond donors (Lipinski definition) is 1. The Morgan fingerprint density at radius 1 is 1.14 bits per heavy atom. The fourth-order valence-electron chi connectivity index (χ4n) is 4.34. The van der Waals surface area contributed by atoms with Crippen molar-refractivity contribution in [1.82, 2.24) is 29.7 Å². The second-order valence-corrected chi connectivity index (χ2v) is 8.40. The zero-order valence-corrected chi connectivity index (χ0v) is 18.2. The number of nitrogens with zero attached hydrogens (tertiary/aromatic N) is 6. The van der Waals surface area contributed by atoms with E-state index in [-0.39, 0.29) is 28.6 Å². The molecule has 1 saturated carbocycles. The van der Waals surface area contributed by atoms with Gasteiger partial charge in [0, 0.05) is 23.7 Å². The van der Waals surface area contributed by atoms with Crippen LogP contribution in [0.5, 0.6) is 0 Å². The molecule has 0 aliphatic heterocycles. The quantitative estimate of drug-likeness (QED) is 0.435. The fourth-order valence-corrected chi connectivity index (χ4v) is 4.34. The van der Waals surface area contributed by atoms with Gasteiger partial charge in [-0.05, 0) is 43.5 Å². The highest BCUT2D eigenvalue weighted by molar-refractivity contribution is 5.80. The molecule has 0 saturated heterocycles. The second kappa shape index (κ2) is 8.26. The minimum Gasteiger partial charge on any atom is -0.310 e.